The van der Waals surface area contributed by atoms with Gasteiger partial charge in [-0.15, -0.1) is 0 Å². The summed E-state index contributed by atoms with van der Waals surface area (Å²) < 4.78 is 24.4. The Morgan fingerprint density at radius 2 is 1.91 bits per heavy atom. The van der Waals surface area contributed by atoms with Crippen LogP contribution in [0.1, 0.15) is 27.2 Å². The van der Waals surface area contributed by atoms with Gasteiger partial charge < -0.3 is 19.9 Å². The molecule has 10 heteroatoms. The van der Waals surface area contributed by atoms with E-state index in [1.54, 1.807) is 26.8 Å². The maximum Gasteiger partial charge on any atom is 0.302 e. The number of fused-ring (bicyclic) bond motifs is 1. The number of phenols is 1. The average molecular weight is 479 g/mol. The second-order valence-corrected chi connectivity index (χ2v) is 9.66. The molecule has 2 atom stereocenters. The van der Waals surface area contributed by atoms with E-state index in [0.717, 1.165) is 6.07 Å². The van der Waals surface area contributed by atoms with Gasteiger partial charge in [-0.25, -0.2) is 14.4 Å². The number of benzene rings is 2. The normalized spacial score (nSPS) is 17.9. The summed E-state index contributed by atoms with van der Waals surface area (Å²) in [5, 5.41) is 14.3. The summed E-state index contributed by atoms with van der Waals surface area (Å²) in [5.41, 5.74) is 0.0627. The van der Waals surface area contributed by atoms with Gasteiger partial charge in [0.15, 0.2) is 5.82 Å². The van der Waals surface area contributed by atoms with Crippen molar-refractivity contribution >= 4 is 35.3 Å². The van der Waals surface area contributed by atoms with Crippen molar-refractivity contribution in [1.29, 1.82) is 0 Å². The van der Waals surface area contributed by atoms with Gasteiger partial charge in [-0.05, 0) is 63.8 Å². The topological polar surface area (TPSA) is 111 Å². The van der Waals surface area contributed by atoms with Gasteiger partial charge in [0.1, 0.15) is 23.0 Å². The van der Waals surface area contributed by atoms with Crippen LogP contribution in [0.25, 0.3) is 22.3 Å². The molecule has 0 aliphatic carbocycles. The molecule has 2 N–H and O–H groups in total. The summed E-state index contributed by atoms with van der Waals surface area (Å²) in [6.45, 7) is 4.66. The SMILES string of the molecule is COC(=O)[C@H]1C[C@H](Nc2nc(-c3cc(F)ccc3O)nc3ccccc23)CB1C(=O)OC(C)(C)C. The fraction of sp³-hybridized carbons (Fsp3) is 0.360. The average Bonchev–Trinajstić information content (AvgIpc) is 3.23. The number of carbonyl (C=O) groups excluding carboxylic acids is 2. The molecule has 3 aromatic rings. The van der Waals surface area contributed by atoms with Crippen LogP contribution in [-0.4, -0.2) is 52.4 Å². The van der Waals surface area contributed by atoms with E-state index in [0.29, 0.717) is 29.5 Å². The summed E-state index contributed by atoms with van der Waals surface area (Å²) >= 11 is 0. The molecule has 35 heavy (non-hydrogen) atoms. The van der Waals surface area contributed by atoms with Crippen molar-refractivity contribution in [1.82, 2.24) is 9.97 Å². The van der Waals surface area contributed by atoms with Crippen molar-refractivity contribution in [2.75, 3.05) is 12.4 Å². The van der Waals surface area contributed by atoms with Crippen molar-refractivity contribution in [3.63, 3.8) is 0 Å². The molecule has 1 aliphatic heterocycles. The lowest BCUT2D eigenvalue weighted by Gasteiger charge is -2.22. The fourth-order valence-corrected chi connectivity index (χ4v) is 4.39. The van der Waals surface area contributed by atoms with Crippen LogP contribution < -0.4 is 5.32 Å². The third-order valence-electron chi connectivity index (χ3n) is 5.92. The highest BCUT2D eigenvalue weighted by Crippen LogP contribution is 2.37. The molecule has 0 unspecified atom stereocenters. The van der Waals surface area contributed by atoms with E-state index in [-0.39, 0.29) is 23.2 Å². The molecule has 0 spiro atoms. The Labute approximate surface area is 203 Å². The maximum atomic E-state index is 13.9. The van der Waals surface area contributed by atoms with Gasteiger partial charge in [0, 0.05) is 17.2 Å². The molecular formula is C25H27BFN3O5. The second-order valence-electron chi connectivity index (χ2n) is 9.66. The minimum atomic E-state index is -0.687. The van der Waals surface area contributed by atoms with E-state index < -0.39 is 35.8 Å². The molecule has 0 bridgehead atoms. The molecule has 2 aromatic carbocycles. The molecule has 182 valence electrons. The molecule has 1 aromatic heterocycles. The first-order valence-corrected chi connectivity index (χ1v) is 11.4. The molecule has 2 heterocycles. The monoisotopic (exact) mass is 479 g/mol. The second kappa shape index (κ2) is 9.52. The Kier molecular flexibility index (Phi) is 6.65. The number of anilines is 1. The predicted octanol–water partition coefficient (Wildman–Crippen LogP) is 4.88. The van der Waals surface area contributed by atoms with Crippen molar-refractivity contribution < 1.29 is 28.6 Å². The number of phenolic OH excluding ortho intramolecular Hbond substituents is 1. The van der Waals surface area contributed by atoms with Gasteiger partial charge in [0.2, 0.25) is 0 Å². The van der Waals surface area contributed by atoms with E-state index >= 15 is 0 Å². The third-order valence-corrected chi connectivity index (χ3v) is 5.92. The number of carbonyl (C=O) groups is 2. The number of aromatic hydroxyl groups is 1. The fourth-order valence-electron chi connectivity index (χ4n) is 4.39. The van der Waals surface area contributed by atoms with Crippen molar-refractivity contribution in [2.24, 2.45) is 0 Å². The quantitative estimate of drug-likeness (QED) is 0.394. The minimum Gasteiger partial charge on any atom is -0.507 e. The molecule has 1 aliphatic rings. The molecule has 1 fully saturated rings. The van der Waals surface area contributed by atoms with Crippen molar-refractivity contribution in [3.8, 4) is 17.1 Å². The molecule has 0 saturated carbocycles. The van der Waals surface area contributed by atoms with Gasteiger partial charge >= 0.3 is 5.97 Å². The number of methoxy groups -OCH3 is 1. The van der Waals surface area contributed by atoms with Gasteiger partial charge in [0.05, 0.1) is 18.2 Å². The van der Waals surface area contributed by atoms with E-state index in [2.05, 4.69) is 15.3 Å². The molecule has 8 nitrogen and oxygen atoms in total. The maximum absolute atomic E-state index is 13.9. The van der Waals surface area contributed by atoms with Crippen LogP contribution in [0.15, 0.2) is 42.5 Å². The number of esters is 1. The Balaban J connectivity index is 1.69. The molecule has 1 saturated heterocycles. The smallest absolute Gasteiger partial charge is 0.302 e. The number of hydrogen-bond acceptors (Lipinski definition) is 8. The first-order valence-electron chi connectivity index (χ1n) is 11.4. The minimum absolute atomic E-state index is 0.148. The molecule has 4 rings (SSSR count). The molecular weight excluding hydrogens is 452 g/mol. The Hall–Kier alpha value is -3.69. The largest absolute Gasteiger partial charge is 0.507 e. The summed E-state index contributed by atoms with van der Waals surface area (Å²) in [6.07, 6.45) is 0.684. The van der Waals surface area contributed by atoms with Crippen molar-refractivity contribution in [2.45, 2.75) is 51.0 Å². The van der Waals surface area contributed by atoms with E-state index in [4.69, 9.17) is 9.47 Å². The standard InChI is InChI=1S/C25H27BFN3O5/c1-25(2,3)35-24(33)26-13-15(12-18(26)23(32)34-4)28-21-16-7-5-6-8-19(16)29-22(30-21)17-11-14(27)9-10-20(17)31/h5-11,15,18,31H,12-13H2,1-4H3,(H,28,29,30)/t15-,18+/m0/s1. The van der Waals surface area contributed by atoms with Crippen LogP contribution >= 0.6 is 0 Å². The van der Waals surface area contributed by atoms with E-state index in [9.17, 15) is 19.1 Å². The summed E-state index contributed by atoms with van der Waals surface area (Å²) in [4.78, 5) is 34.4. The van der Waals surface area contributed by atoms with Gasteiger partial charge in [0.25, 0.3) is 12.6 Å². The van der Waals surface area contributed by atoms with Crippen LogP contribution in [0.2, 0.25) is 12.1 Å². The third kappa shape index (κ3) is 5.36. The van der Waals surface area contributed by atoms with Crippen LogP contribution in [0.3, 0.4) is 0 Å². The van der Waals surface area contributed by atoms with Crippen LogP contribution in [0.4, 0.5) is 15.0 Å². The number of nitrogens with zero attached hydrogens (tertiary/aromatic N) is 2. The Morgan fingerprint density at radius 1 is 1.17 bits per heavy atom. The van der Waals surface area contributed by atoms with Crippen LogP contribution in [0.5, 0.6) is 5.75 Å². The van der Waals surface area contributed by atoms with Gasteiger partial charge in [-0.2, -0.15) is 0 Å². The lowest BCUT2D eigenvalue weighted by Crippen LogP contribution is -2.37. The first kappa shape index (κ1) is 24.4. The number of ether oxygens (including phenoxy) is 2. The highest BCUT2D eigenvalue weighted by atomic mass is 19.1. The van der Waals surface area contributed by atoms with E-state index in [1.165, 1.54) is 19.2 Å². The summed E-state index contributed by atoms with van der Waals surface area (Å²) in [6, 6.07) is 10.6. The highest BCUT2D eigenvalue weighted by Gasteiger charge is 2.49. The lowest BCUT2D eigenvalue weighted by atomic mass is 9.42. The number of hydrogen-bond donors (Lipinski definition) is 2. The Bertz CT molecular complexity index is 1280. The van der Waals surface area contributed by atoms with Crippen LogP contribution in [-0.2, 0) is 14.3 Å². The zero-order valence-electron chi connectivity index (χ0n) is 20.0. The van der Waals surface area contributed by atoms with E-state index in [1.807, 2.05) is 18.2 Å². The lowest BCUT2D eigenvalue weighted by molar-refractivity contribution is -0.140. The highest BCUT2D eigenvalue weighted by molar-refractivity contribution is 6.92. The Morgan fingerprint density at radius 3 is 2.63 bits per heavy atom. The van der Waals surface area contributed by atoms with Gasteiger partial charge in [-0.1, -0.05) is 12.1 Å². The van der Waals surface area contributed by atoms with Crippen LogP contribution in [0, 0.1) is 5.82 Å². The number of aromatic nitrogens is 2. The molecule has 0 radical (unpaired) electrons. The first-order chi connectivity index (χ1) is 16.6. The molecule has 0 amide bonds. The van der Waals surface area contributed by atoms with Crippen molar-refractivity contribution in [3.05, 3.63) is 48.3 Å². The number of para-hydroxylation sites is 1. The number of halogens is 1. The summed E-state index contributed by atoms with van der Waals surface area (Å²) in [5.74, 6) is -1.65. The zero-order valence-corrected chi connectivity index (χ0v) is 20.0. The number of rotatable bonds is 5. The number of nitrogens with one attached hydrogen (secondary N) is 1. The zero-order chi connectivity index (χ0) is 25.3. The summed E-state index contributed by atoms with van der Waals surface area (Å²) in [7, 11) is 1.30. The predicted molar refractivity (Wildman–Crippen MR) is 131 cm³/mol. The van der Waals surface area contributed by atoms with Gasteiger partial charge in [-0.3, -0.25) is 9.59 Å².